The van der Waals surface area contributed by atoms with Crippen LogP contribution in [0.5, 0.6) is 5.75 Å². The Morgan fingerprint density at radius 3 is 2.37 bits per heavy atom. The summed E-state index contributed by atoms with van der Waals surface area (Å²) in [6.45, 7) is 10.6. The third-order valence-corrected chi connectivity index (χ3v) is 5.70. The predicted octanol–water partition coefficient (Wildman–Crippen LogP) is 5.42. The molecule has 0 amide bonds. The van der Waals surface area contributed by atoms with E-state index in [-0.39, 0.29) is 12.4 Å². The van der Waals surface area contributed by atoms with Gasteiger partial charge in [0.1, 0.15) is 18.2 Å². The molecule has 0 spiro atoms. The number of ether oxygens (including phenoxy) is 1. The first-order valence-electron chi connectivity index (χ1n) is 11.3. The number of halogens is 1. The number of aliphatic hydroxyl groups excluding tert-OH is 1. The molecule has 1 aliphatic rings. The maximum Gasteiger partial charge on any atom is 0.123 e. The minimum Gasteiger partial charge on any atom is -0.491 e. The summed E-state index contributed by atoms with van der Waals surface area (Å²) in [4.78, 5) is 2.52. The second-order valence-corrected chi connectivity index (χ2v) is 8.31. The Kier molecular flexibility index (Phi) is 10.9. The summed E-state index contributed by atoms with van der Waals surface area (Å²) in [5.41, 5.74) is 3.88. The quantitative estimate of drug-likeness (QED) is 0.625. The molecule has 0 unspecified atom stereocenters. The van der Waals surface area contributed by atoms with Gasteiger partial charge in [-0.3, -0.25) is 0 Å². The molecule has 0 aromatic heterocycles. The molecule has 1 saturated heterocycles. The van der Waals surface area contributed by atoms with Crippen molar-refractivity contribution in [3.8, 4) is 5.75 Å². The smallest absolute Gasteiger partial charge is 0.123 e. The standard InChI is InChI=1S/C14H20FN.C12H18O2/c1-12-6-9-16(10-7-12)11-8-13-2-4-14(15)5-3-13;1-3-4-11-5-6-12(9-10(11)2)14-8-7-13/h2-5,12H,6-11H2,1H3;5-6,9,13H,3-4,7-8H2,1-2H3. The maximum absolute atomic E-state index is 12.7. The van der Waals surface area contributed by atoms with Crippen molar-refractivity contribution in [2.45, 2.75) is 52.9 Å². The minimum absolute atomic E-state index is 0.0652. The molecular weight excluding hydrogens is 377 g/mol. The van der Waals surface area contributed by atoms with Crippen LogP contribution < -0.4 is 4.74 Å². The van der Waals surface area contributed by atoms with Gasteiger partial charge in [0.25, 0.3) is 0 Å². The molecule has 0 atom stereocenters. The van der Waals surface area contributed by atoms with Gasteiger partial charge in [-0.15, -0.1) is 0 Å². The molecule has 2 aromatic carbocycles. The van der Waals surface area contributed by atoms with Gasteiger partial charge in [0.05, 0.1) is 6.61 Å². The zero-order chi connectivity index (χ0) is 21.8. The Bertz CT molecular complexity index is 724. The van der Waals surface area contributed by atoms with Gasteiger partial charge in [-0.2, -0.15) is 0 Å². The summed E-state index contributed by atoms with van der Waals surface area (Å²) in [7, 11) is 0. The number of aryl methyl sites for hydroxylation is 2. The fourth-order valence-corrected chi connectivity index (χ4v) is 3.70. The molecule has 1 aliphatic heterocycles. The maximum atomic E-state index is 12.7. The number of rotatable bonds is 8. The SMILES string of the molecule is CC1CCN(CCc2ccc(F)cc2)CC1.CCCc1ccc(OCCO)cc1C. The summed E-state index contributed by atoms with van der Waals surface area (Å²) in [6.07, 6.45) is 5.96. The van der Waals surface area contributed by atoms with E-state index in [9.17, 15) is 4.39 Å². The van der Waals surface area contributed by atoms with Crippen LogP contribution in [0.4, 0.5) is 4.39 Å². The zero-order valence-corrected chi connectivity index (χ0v) is 18.9. The number of aliphatic hydroxyl groups is 1. The summed E-state index contributed by atoms with van der Waals surface area (Å²) in [6, 6.07) is 13.0. The van der Waals surface area contributed by atoms with Crippen LogP contribution in [-0.2, 0) is 12.8 Å². The normalized spacial score (nSPS) is 14.8. The second-order valence-electron chi connectivity index (χ2n) is 8.31. The van der Waals surface area contributed by atoms with Crippen LogP contribution in [0.2, 0.25) is 0 Å². The molecule has 166 valence electrons. The molecule has 0 aliphatic carbocycles. The first kappa shape index (κ1) is 24.4. The number of piperidine rings is 1. The molecule has 1 N–H and O–H groups in total. The average molecular weight is 416 g/mol. The second kappa shape index (κ2) is 13.4. The van der Waals surface area contributed by atoms with E-state index in [1.807, 2.05) is 24.3 Å². The third-order valence-electron chi connectivity index (χ3n) is 5.70. The Labute approximate surface area is 181 Å². The van der Waals surface area contributed by atoms with Crippen LogP contribution in [0.1, 0.15) is 49.8 Å². The van der Waals surface area contributed by atoms with E-state index in [1.165, 1.54) is 42.6 Å². The van der Waals surface area contributed by atoms with Crippen molar-refractivity contribution in [1.82, 2.24) is 4.90 Å². The topological polar surface area (TPSA) is 32.7 Å². The third kappa shape index (κ3) is 8.85. The van der Waals surface area contributed by atoms with Crippen molar-refractivity contribution in [3.63, 3.8) is 0 Å². The van der Waals surface area contributed by atoms with E-state index < -0.39 is 0 Å². The Balaban J connectivity index is 0.000000216. The lowest BCUT2D eigenvalue weighted by atomic mass is 9.99. The molecule has 0 bridgehead atoms. The van der Waals surface area contributed by atoms with Gasteiger partial charge in [-0.1, -0.05) is 38.5 Å². The Morgan fingerprint density at radius 1 is 1.07 bits per heavy atom. The van der Waals surface area contributed by atoms with Crippen molar-refractivity contribution >= 4 is 0 Å². The number of nitrogens with zero attached hydrogens (tertiary/aromatic N) is 1. The number of benzene rings is 2. The number of hydrogen-bond donors (Lipinski definition) is 1. The number of likely N-dealkylation sites (tertiary alicyclic amines) is 1. The van der Waals surface area contributed by atoms with Crippen molar-refractivity contribution in [2.24, 2.45) is 5.92 Å². The van der Waals surface area contributed by atoms with E-state index >= 15 is 0 Å². The van der Waals surface area contributed by atoms with Gasteiger partial charge in [0, 0.05) is 6.54 Å². The molecule has 4 heteroatoms. The van der Waals surface area contributed by atoms with E-state index in [1.54, 1.807) is 12.1 Å². The highest BCUT2D eigenvalue weighted by Gasteiger charge is 2.14. The fourth-order valence-electron chi connectivity index (χ4n) is 3.70. The zero-order valence-electron chi connectivity index (χ0n) is 18.9. The van der Waals surface area contributed by atoms with Gasteiger partial charge in [-0.05, 0) is 92.6 Å². The molecular formula is C26H38FNO2. The monoisotopic (exact) mass is 415 g/mol. The molecule has 0 radical (unpaired) electrons. The van der Waals surface area contributed by atoms with Gasteiger partial charge in [-0.25, -0.2) is 4.39 Å². The number of hydrogen-bond acceptors (Lipinski definition) is 3. The highest BCUT2D eigenvalue weighted by molar-refractivity contribution is 5.34. The van der Waals surface area contributed by atoms with Crippen LogP contribution in [-0.4, -0.2) is 42.9 Å². The van der Waals surface area contributed by atoms with Crippen molar-refractivity contribution in [3.05, 3.63) is 65.0 Å². The van der Waals surface area contributed by atoms with Gasteiger partial charge < -0.3 is 14.7 Å². The lowest BCUT2D eigenvalue weighted by Crippen LogP contribution is -2.34. The van der Waals surface area contributed by atoms with Crippen LogP contribution in [0, 0.1) is 18.7 Å². The predicted molar refractivity (Wildman–Crippen MR) is 123 cm³/mol. The fraction of sp³-hybridized carbons (Fsp3) is 0.538. The highest BCUT2D eigenvalue weighted by Crippen LogP contribution is 2.18. The first-order valence-corrected chi connectivity index (χ1v) is 11.3. The van der Waals surface area contributed by atoms with Crippen LogP contribution in [0.3, 0.4) is 0 Å². The van der Waals surface area contributed by atoms with Gasteiger partial charge in [0.15, 0.2) is 0 Å². The minimum atomic E-state index is -0.143. The lowest BCUT2D eigenvalue weighted by Gasteiger charge is -2.30. The van der Waals surface area contributed by atoms with Crippen LogP contribution >= 0.6 is 0 Å². The molecule has 3 nitrogen and oxygen atoms in total. The lowest BCUT2D eigenvalue weighted by molar-refractivity contribution is 0.194. The van der Waals surface area contributed by atoms with Gasteiger partial charge in [0.2, 0.25) is 0 Å². The van der Waals surface area contributed by atoms with Crippen LogP contribution in [0.15, 0.2) is 42.5 Å². The van der Waals surface area contributed by atoms with Gasteiger partial charge >= 0.3 is 0 Å². The summed E-state index contributed by atoms with van der Waals surface area (Å²) in [5, 5.41) is 8.61. The highest BCUT2D eigenvalue weighted by atomic mass is 19.1. The van der Waals surface area contributed by atoms with Crippen molar-refractivity contribution < 1.29 is 14.2 Å². The van der Waals surface area contributed by atoms with Crippen molar-refractivity contribution in [1.29, 1.82) is 0 Å². The van der Waals surface area contributed by atoms with E-state index in [0.717, 1.165) is 37.5 Å². The molecule has 2 aromatic rings. The molecule has 1 heterocycles. The van der Waals surface area contributed by atoms with Crippen LogP contribution in [0.25, 0.3) is 0 Å². The first-order chi connectivity index (χ1) is 14.5. The molecule has 30 heavy (non-hydrogen) atoms. The average Bonchev–Trinajstić information content (AvgIpc) is 2.75. The molecule has 1 fully saturated rings. The summed E-state index contributed by atoms with van der Waals surface area (Å²) >= 11 is 0. The Hall–Kier alpha value is -1.91. The largest absolute Gasteiger partial charge is 0.491 e. The van der Waals surface area contributed by atoms with E-state index in [0.29, 0.717) is 6.61 Å². The Morgan fingerprint density at radius 2 is 1.77 bits per heavy atom. The summed E-state index contributed by atoms with van der Waals surface area (Å²) in [5.74, 6) is 1.59. The molecule has 0 saturated carbocycles. The summed E-state index contributed by atoms with van der Waals surface area (Å²) < 4.78 is 18.0. The van der Waals surface area contributed by atoms with E-state index in [2.05, 4.69) is 31.7 Å². The van der Waals surface area contributed by atoms with Crippen molar-refractivity contribution in [2.75, 3.05) is 32.8 Å². The van der Waals surface area contributed by atoms with E-state index in [4.69, 9.17) is 9.84 Å². The molecule has 3 rings (SSSR count).